The van der Waals surface area contributed by atoms with Crippen LogP contribution in [0.15, 0.2) is 75.6 Å². The summed E-state index contributed by atoms with van der Waals surface area (Å²) in [4.78, 5) is 1.04. The fraction of sp³-hybridized carbons (Fsp3) is 0.0588. The maximum atomic E-state index is 5.99. The van der Waals surface area contributed by atoms with E-state index in [1.54, 1.807) is 0 Å². The minimum absolute atomic E-state index is 0.680. The summed E-state index contributed by atoms with van der Waals surface area (Å²) in [7, 11) is 0. The van der Waals surface area contributed by atoms with Crippen LogP contribution in [0.2, 0.25) is 5.02 Å². The molecular formula is C17H17ClN2S2. The standard InChI is InChI=1S/C17H17ClN2S2/c1-12-2-6-14(7-3-12)20-17(21)11-10-16(19)22-15-8-4-13(18)5-9-15/h2-11,20-21H,19H2,1H3/b16-10+,17-11+. The van der Waals surface area contributed by atoms with Crippen LogP contribution in [0.1, 0.15) is 5.56 Å². The van der Waals surface area contributed by atoms with Crippen molar-refractivity contribution in [2.45, 2.75) is 11.8 Å². The van der Waals surface area contributed by atoms with E-state index in [1.807, 2.05) is 60.7 Å². The molecule has 114 valence electrons. The quantitative estimate of drug-likeness (QED) is 0.383. The second-order valence-corrected chi connectivity index (χ2v) is 6.73. The summed E-state index contributed by atoms with van der Waals surface area (Å²) < 4.78 is 0. The average Bonchev–Trinajstić information content (AvgIpc) is 2.50. The summed E-state index contributed by atoms with van der Waals surface area (Å²) in [6.45, 7) is 2.05. The van der Waals surface area contributed by atoms with E-state index < -0.39 is 0 Å². The van der Waals surface area contributed by atoms with Crippen molar-refractivity contribution in [3.8, 4) is 0 Å². The molecule has 0 aromatic heterocycles. The maximum absolute atomic E-state index is 5.99. The summed E-state index contributed by atoms with van der Waals surface area (Å²) >= 11 is 11.7. The normalized spacial score (nSPS) is 12.3. The van der Waals surface area contributed by atoms with Crippen LogP contribution < -0.4 is 11.1 Å². The first-order chi connectivity index (χ1) is 10.5. The number of rotatable bonds is 5. The molecule has 2 nitrogen and oxygen atoms in total. The van der Waals surface area contributed by atoms with Crippen LogP contribution in [0.5, 0.6) is 0 Å². The number of nitrogens with two attached hydrogens (primary N) is 1. The fourth-order valence-corrected chi connectivity index (χ4v) is 2.67. The molecule has 0 heterocycles. The molecule has 0 atom stereocenters. The van der Waals surface area contributed by atoms with E-state index in [9.17, 15) is 0 Å². The molecule has 0 saturated heterocycles. The molecule has 0 spiro atoms. The van der Waals surface area contributed by atoms with Crippen molar-refractivity contribution >= 4 is 41.7 Å². The molecule has 0 aliphatic carbocycles. The Kier molecular flexibility index (Phi) is 6.31. The van der Waals surface area contributed by atoms with Crippen LogP contribution in [0.3, 0.4) is 0 Å². The first kappa shape index (κ1) is 16.9. The van der Waals surface area contributed by atoms with Crippen molar-refractivity contribution in [2.24, 2.45) is 5.73 Å². The van der Waals surface area contributed by atoms with Gasteiger partial charge in [-0.3, -0.25) is 0 Å². The van der Waals surface area contributed by atoms with Crippen LogP contribution in [0.25, 0.3) is 0 Å². The lowest BCUT2D eigenvalue weighted by molar-refractivity contribution is 1.44. The van der Waals surface area contributed by atoms with Gasteiger partial charge >= 0.3 is 0 Å². The van der Waals surface area contributed by atoms with Crippen LogP contribution in [0, 0.1) is 6.92 Å². The van der Waals surface area contributed by atoms with Gasteiger partial charge in [-0.25, -0.2) is 0 Å². The van der Waals surface area contributed by atoms with E-state index in [0.29, 0.717) is 10.1 Å². The van der Waals surface area contributed by atoms with Crippen molar-refractivity contribution < 1.29 is 0 Å². The second-order valence-electron chi connectivity index (χ2n) is 4.67. The number of hydrogen-bond acceptors (Lipinski definition) is 4. The van der Waals surface area contributed by atoms with Crippen molar-refractivity contribution in [3.63, 3.8) is 0 Å². The third-order valence-corrected chi connectivity index (χ3v) is 4.17. The van der Waals surface area contributed by atoms with Gasteiger partial charge in [0.25, 0.3) is 0 Å². The Balaban J connectivity index is 1.95. The number of aryl methyl sites for hydroxylation is 1. The van der Waals surface area contributed by atoms with E-state index in [2.05, 4.69) is 24.9 Å². The number of halogens is 1. The number of hydrogen-bond donors (Lipinski definition) is 3. The number of benzene rings is 2. The molecule has 0 unspecified atom stereocenters. The maximum Gasteiger partial charge on any atom is 0.0704 e. The molecule has 0 radical (unpaired) electrons. The number of thiol groups is 1. The van der Waals surface area contributed by atoms with Crippen molar-refractivity contribution in [1.29, 1.82) is 0 Å². The lowest BCUT2D eigenvalue weighted by Crippen LogP contribution is -1.94. The summed E-state index contributed by atoms with van der Waals surface area (Å²) in [6, 6.07) is 15.7. The predicted molar refractivity (Wildman–Crippen MR) is 101 cm³/mol. The van der Waals surface area contributed by atoms with Gasteiger partial charge in [0.15, 0.2) is 0 Å². The van der Waals surface area contributed by atoms with Crippen LogP contribution in [-0.2, 0) is 0 Å². The summed E-state index contributed by atoms with van der Waals surface area (Å²) in [5, 5.41) is 5.31. The molecule has 2 aromatic rings. The molecule has 2 rings (SSSR count). The first-order valence-electron chi connectivity index (χ1n) is 6.66. The highest BCUT2D eigenvalue weighted by atomic mass is 35.5. The Morgan fingerprint density at radius 1 is 1.09 bits per heavy atom. The predicted octanol–water partition coefficient (Wildman–Crippen LogP) is 5.42. The minimum Gasteiger partial charge on any atom is -0.393 e. The van der Waals surface area contributed by atoms with Crippen molar-refractivity contribution in [3.05, 3.63) is 81.3 Å². The Morgan fingerprint density at radius 3 is 2.36 bits per heavy atom. The number of anilines is 1. The monoisotopic (exact) mass is 348 g/mol. The second kappa shape index (κ2) is 8.22. The zero-order valence-electron chi connectivity index (χ0n) is 12.1. The summed E-state index contributed by atoms with van der Waals surface area (Å²) in [5.41, 5.74) is 8.20. The molecule has 0 amide bonds. The average molecular weight is 349 g/mol. The molecule has 0 bridgehead atoms. The Morgan fingerprint density at radius 2 is 1.73 bits per heavy atom. The minimum atomic E-state index is 0.680. The first-order valence-corrected chi connectivity index (χ1v) is 8.30. The van der Waals surface area contributed by atoms with E-state index in [0.717, 1.165) is 15.6 Å². The van der Waals surface area contributed by atoms with Crippen LogP contribution >= 0.6 is 36.0 Å². The molecule has 0 aliphatic rings. The summed E-state index contributed by atoms with van der Waals surface area (Å²) in [5.74, 6) is 0. The van der Waals surface area contributed by atoms with Crippen LogP contribution in [-0.4, -0.2) is 0 Å². The molecule has 0 aliphatic heterocycles. The van der Waals surface area contributed by atoms with Gasteiger partial charge in [0.1, 0.15) is 0 Å². The number of nitrogens with one attached hydrogen (secondary N) is 1. The Hall–Kier alpha value is -1.49. The van der Waals surface area contributed by atoms with Gasteiger partial charge in [0.2, 0.25) is 0 Å². The molecule has 2 aromatic carbocycles. The smallest absolute Gasteiger partial charge is 0.0704 e. The van der Waals surface area contributed by atoms with Gasteiger partial charge in [-0.1, -0.05) is 41.1 Å². The van der Waals surface area contributed by atoms with E-state index in [4.69, 9.17) is 17.3 Å². The summed E-state index contributed by atoms with van der Waals surface area (Å²) in [6.07, 6.45) is 3.66. The lowest BCUT2D eigenvalue weighted by Gasteiger charge is -2.05. The van der Waals surface area contributed by atoms with Gasteiger partial charge in [-0.15, -0.1) is 12.6 Å². The zero-order chi connectivity index (χ0) is 15.9. The van der Waals surface area contributed by atoms with Gasteiger partial charge in [-0.05, 0) is 55.5 Å². The van der Waals surface area contributed by atoms with Gasteiger partial charge in [-0.2, -0.15) is 0 Å². The third-order valence-electron chi connectivity index (χ3n) is 2.78. The molecule has 5 heteroatoms. The SMILES string of the molecule is Cc1ccc(N/C(S)=C\C=C(/N)Sc2ccc(Cl)cc2)cc1. The van der Waals surface area contributed by atoms with E-state index in [1.165, 1.54) is 17.3 Å². The van der Waals surface area contributed by atoms with Gasteiger partial charge in [0.05, 0.1) is 10.1 Å². The Labute approximate surface area is 145 Å². The van der Waals surface area contributed by atoms with Gasteiger partial charge < -0.3 is 11.1 Å². The highest BCUT2D eigenvalue weighted by Gasteiger charge is 1.97. The van der Waals surface area contributed by atoms with Crippen molar-refractivity contribution in [1.82, 2.24) is 0 Å². The molecule has 22 heavy (non-hydrogen) atoms. The molecule has 0 fully saturated rings. The third kappa shape index (κ3) is 5.72. The molecular weight excluding hydrogens is 332 g/mol. The number of allylic oxidation sites excluding steroid dienone is 2. The largest absolute Gasteiger partial charge is 0.393 e. The molecule has 3 N–H and O–H groups in total. The zero-order valence-corrected chi connectivity index (χ0v) is 14.6. The topological polar surface area (TPSA) is 38.0 Å². The van der Waals surface area contributed by atoms with E-state index in [-0.39, 0.29) is 0 Å². The highest BCUT2D eigenvalue weighted by molar-refractivity contribution is 8.03. The lowest BCUT2D eigenvalue weighted by atomic mass is 10.2. The highest BCUT2D eigenvalue weighted by Crippen LogP contribution is 2.25. The van der Waals surface area contributed by atoms with E-state index >= 15 is 0 Å². The van der Waals surface area contributed by atoms with Gasteiger partial charge in [0, 0.05) is 15.6 Å². The Bertz CT molecular complexity index is 615. The van der Waals surface area contributed by atoms with Crippen LogP contribution in [0.4, 0.5) is 5.69 Å². The number of thioether (sulfide) groups is 1. The fourth-order valence-electron chi connectivity index (χ4n) is 1.66. The van der Waals surface area contributed by atoms with Crippen molar-refractivity contribution in [2.75, 3.05) is 5.32 Å². The molecule has 0 saturated carbocycles.